The van der Waals surface area contributed by atoms with Crippen molar-refractivity contribution >= 4 is 22.9 Å². The summed E-state index contributed by atoms with van der Waals surface area (Å²) in [6, 6.07) is 3.99. The number of thiophene rings is 1. The van der Waals surface area contributed by atoms with Crippen molar-refractivity contribution in [2.75, 3.05) is 0 Å². The van der Waals surface area contributed by atoms with Crippen LogP contribution in [0.2, 0.25) is 5.02 Å². The van der Waals surface area contributed by atoms with E-state index in [9.17, 15) is 0 Å². The molecule has 1 atom stereocenters. The fraction of sp³-hybridized carbons (Fsp3) is 0.250. The summed E-state index contributed by atoms with van der Waals surface area (Å²) in [7, 11) is 0. The molecule has 2 heterocycles. The van der Waals surface area contributed by atoms with Gasteiger partial charge >= 0.3 is 0 Å². The number of nitrogens with zero attached hydrogens (tertiary/aromatic N) is 1. The van der Waals surface area contributed by atoms with E-state index in [2.05, 4.69) is 10.4 Å². The van der Waals surface area contributed by atoms with Crippen LogP contribution in [-0.2, 0) is 6.42 Å². The van der Waals surface area contributed by atoms with Crippen molar-refractivity contribution < 1.29 is 0 Å². The molecule has 1 unspecified atom stereocenters. The average molecular weight is 268 g/mol. The summed E-state index contributed by atoms with van der Waals surface area (Å²) >= 11 is 7.88. The lowest BCUT2D eigenvalue weighted by molar-refractivity contribution is 0.560. The molecule has 0 radical (unpaired) electrons. The quantitative estimate of drug-likeness (QED) is 0.662. The normalized spacial score (nSPS) is 12.6. The summed E-state index contributed by atoms with van der Waals surface area (Å²) in [6.07, 6.45) is 4.39. The molecule has 0 spiro atoms. The molecule has 3 N–H and O–H groups in total. The number of rotatable bonds is 4. The predicted octanol–water partition coefficient (Wildman–Crippen LogP) is 2.85. The van der Waals surface area contributed by atoms with Crippen LogP contribution in [0, 0.1) is 6.92 Å². The molecule has 0 saturated heterocycles. The maximum absolute atomic E-state index is 6.25. The summed E-state index contributed by atoms with van der Waals surface area (Å²) < 4.78 is 0. The van der Waals surface area contributed by atoms with Gasteiger partial charge in [0.15, 0.2) is 0 Å². The maximum Gasteiger partial charge on any atom is 0.0609 e. The van der Waals surface area contributed by atoms with E-state index < -0.39 is 0 Å². The molecule has 0 saturated carbocycles. The second kappa shape index (κ2) is 5.60. The number of aryl methyl sites for hydroxylation is 1. The van der Waals surface area contributed by atoms with Gasteiger partial charge in [0.25, 0.3) is 0 Å². The fourth-order valence-electron chi connectivity index (χ4n) is 1.67. The second-order valence-electron chi connectivity index (χ2n) is 3.88. The highest BCUT2D eigenvalue weighted by atomic mass is 35.5. The molecular formula is C12H14ClN3S. The molecule has 2 aromatic rings. The van der Waals surface area contributed by atoms with Crippen LogP contribution < -0.4 is 11.3 Å². The molecule has 0 aliphatic carbocycles. The van der Waals surface area contributed by atoms with Crippen LogP contribution >= 0.6 is 22.9 Å². The van der Waals surface area contributed by atoms with Gasteiger partial charge in [-0.15, -0.1) is 11.3 Å². The van der Waals surface area contributed by atoms with Gasteiger partial charge in [0.05, 0.1) is 11.1 Å². The Hall–Kier alpha value is -0.940. The van der Waals surface area contributed by atoms with E-state index in [1.807, 2.05) is 30.6 Å². The largest absolute Gasteiger partial charge is 0.271 e. The van der Waals surface area contributed by atoms with Gasteiger partial charge in [0.1, 0.15) is 0 Å². The van der Waals surface area contributed by atoms with E-state index in [0.29, 0.717) is 0 Å². The van der Waals surface area contributed by atoms with Crippen molar-refractivity contribution in [3.8, 4) is 0 Å². The number of aromatic nitrogens is 1. The number of hydrogen-bond acceptors (Lipinski definition) is 4. The van der Waals surface area contributed by atoms with Crippen molar-refractivity contribution in [3.05, 3.63) is 50.9 Å². The Morgan fingerprint density at radius 1 is 1.59 bits per heavy atom. The molecular weight excluding hydrogens is 254 g/mol. The highest BCUT2D eigenvalue weighted by Gasteiger charge is 2.17. The van der Waals surface area contributed by atoms with Crippen LogP contribution in [0.5, 0.6) is 0 Å². The second-order valence-corrected chi connectivity index (χ2v) is 5.17. The highest BCUT2D eigenvalue weighted by molar-refractivity contribution is 7.10. The zero-order chi connectivity index (χ0) is 12.3. The van der Waals surface area contributed by atoms with Gasteiger partial charge in [-0.1, -0.05) is 17.7 Å². The topological polar surface area (TPSA) is 50.9 Å². The third kappa shape index (κ3) is 2.84. The Balaban J connectivity index is 2.20. The molecule has 0 aliphatic rings. The van der Waals surface area contributed by atoms with Gasteiger partial charge in [-0.2, -0.15) is 0 Å². The number of pyridine rings is 1. The summed E-state index contributed by atoms with van der Waals surface area (Å²) in [5, 5.41) is 2.85. The fourth-order valence-corrected chi connectivity index (χ4v) is 3.05. The maximum atomic E-state index is 6.25. The van der Waals surface area contributed by atoms with Crippen LogP contribution in [-0.4, -0.2) is 4.98 Å². The van der Waals surface area contributed by atoms with Crippen molar-refractivity contribution in [3.63, 3.8) is 0 Å². The summed E-state index contributed by atoms with van der Waals surface area (Å²) in [4.78, 5) is 5.17. The molecule has 90 valence electrons. The Labute approximate surface area is 110 Å². The Kier molecular flexibility index (Phi) is 4.12. The SMILES string of the molecule is Cc1csc(C(Cc2cccnc2)NN)c1Cl. The molecule has 0 bridgehead atoms. The molecule has 2 rings (SSSR count). The first-order valence-electron chi connectivity index (χ1n) is 5.31. The lowest BCUT2D eigenvalue weighted by Crippen LogP contribution is -2.29. The lowest BCUT2D eigenvalue weighted by Gasteiger charge is -2.14. The Morgan fingerprint density at radius 2 is 2.41 bits per heavy atom. The van der Waals surface area contributed by atoms with E-state index in [4.69, 9.17) is 17.4 Å². The molecule has 0 aliphatic heterocycles. The summed E-state index contributed by atoms with van der Waals surface area (Å²) in [6.45, 7) is 2.00. The van der Waals surface area contributed by atoms with Crippen LogP contribution in [0.1, 0.15) is 22.0 Å². The minimum absolute atomic E-state index is 0.0328. The van der Waals surface area contributed by atoms with E-state index in [1.54, 1.807) is 17.5 Å². The minimum atomic E-state index is 0.0328. The van der Waals surface area contributed by atoms with Crippen molar-refractivity contribution in [1.29, 1.82) is 0 Å². The molecule has 0 aromatic carbocycles. The van der Waals surface area contributed by atoms with Crippen LogP contribution in [0.4, 0.5) is 0 Å². The van der Waals surface area contributed by atoms with Gasteiger partial charge in [-0.3, -0.25) is 16.3 Å². The zero-order valence-corrected chi connectivity index (χ0v) is 11.1. The number of nitrogens with one attached hydrogen (secondary N) is 1. The van der Waals surface area contributed by atoms with Crippen LogP contribution in [0.3, 0.4) is 0 Å². The van der Waals surface area contributed by atoms with E-state index in [-0.39, 0.29) is 6.04 Å². The smallest absolute Gasteiger partial charge is 0.0609 e. The third-order valence-electron chi connectivity index (χ3n) is 2.61. The van der Waals surface area contributed by atoms with Crippen molar-refractivity contribution in [1.82, 2.24) is 10.4 Å². The first-order valence-corrected chi connectivity index (χ1v) is 6.56. The monoisotopic (exact) mass is 267 g/mol. The molecule has 3 nitrogen and oxygen atoms in total. The number of hydrogen-bond donors (Lipinski definition) is 2. The lowest BCUT2D eigenvalue weighted by atomic mass is 10.1. The first-order chi connectivity index (χ1) is 8.22. The standard InChI is InChI=1S/C12H14ClN3S/c1-8-7-17-12(11(8)13)10(16-14)5-9-3-2-4-15-6-9/h2-4,6-7,10,16H,5,14H2,1H3. The highest BCUT2D eigenvalue weighted by Crippen LogP contribution is 2.33. The summed E-state index contributed by atoms with van der Waals surface area (Å²) in [5.41, 5.74) is 5.05. The van der Waals surface area contributed by atoms with Gasteiger partial charge in [-0.25, -0.2) is 0 Å². The molecule has 17 heavy (non-hydrogen) atoms. The predicted molar refractivity (Wildman–Crippen MR) is 72.1 cm³/mol. The Morgan fingerprint density at radius 3 is 2.94 bits per heavy atom. The number of nitrogens with two attached hydrogens (primary N) is 1. The number of hydrazine groups is 1. The van der Waals surface area contributed by atoms with Crippen LogP contribution in [0.15, 0.2) is 29.9 Å². The van der Waals surface area contributed by atoms with Gasteiger partial charge in [-0.05, 0) is 35.9 Å². The molecule has 0 amide bonds. The molecule has 0 fully saturated rings. The molecule has 2 aromatic heterocycles. The average Bonchev–Trinajstić information content (AvgIpc) is 2.69. The van der Waals surface area contributed by atoms with Crippen molar-refractivity contribution in [2.45, 2.75) is 19.4 Å². The van der Waals surface area contributed by atoms with E-state index in [0.717, 1.165) is 27.4 Å². The van der Waals surface area contributed by atoms with Gasteiger partial charge < -0.3 is 0 Å². The Bertz CT molecular complexity index is 484. The van der Waals surface area contributed by atoms with Crippen LogP contribution in [0.25, 0.3) is 0 Å². The summed E-state index contributed by atoms with van der Waals surface area (Å²) in [5.74, 6) is 5.61. The van der Waals surface area contributed by atoms with Crippen molar-refractivity contribution in [2.24, 2.45) is 5.84 Å². The zero-order valence-electron chi connectivity index (χ0n) is 9.48. The minimum Gasteiger partial charge on any atom is -0.271 e. The first kappa shape index (κ1) is 12.5. The van der Waals surface area contributed by atoms with E-state index in [1.165, 1.54) is 0 Å². The van der Waals surface area contributed by atoms with Gasteiger partial charge in [0.2, 0.25) is 0 Å². The molecule has 5 heteroatoms. The van der Waals surface area contributed by atoms with E-state index >= 15 is 0 Å². The third-order valence-corrected chi connectivity index (χ3v) is 4.43. The number of halogens is 1. The van der Waals surface area contributed by atoms with Gasteiger partial charge in [0, 0.05) is 17.3 Å².